The molecule has 4 nitrogen and oxygen atoms in total. The summed E-state index contributed by atoms with van der Waals surface area (Å²) < 4.78 is 0. The lowest BCUT2D eigenvalue weighted by Crippen LogP contribution is -2.57. The van der Waals surface area contributed by atoms with Crippen LogP contribution in [0.5, 0.6) is 0 Å². The summed E-state index contributed by atoms with van der Waals surface area (Å²) in [7, 11) is 0. The minimum Gasteiger partial charge on any atom is -0.368 e. The number of hydrogen-bond acceptors (Lipinski definition) is 2. The second-order valence-corrected chi connectivity index (χ2v) is 6.02. The average Bonchev–Trinajstić information content (AvgIpc) is 3.05. The third-order valence-corrected chi connectivity index (χ3v) is 4.71. The van der Waals surface area contributed by atoms with E-state index < -0.39 is 5.54 Å². The van der Waals surface area contributed by atoms with E-state index in [4.69, 9.17) is 5.73 Å². The molecule has 1 aromatic carbocycles. The summed E-state index contributed by atoms with van der Waals surface area (Å²) in [5, 5.41) is 2.96. The van der Waals surface area contributed by atoms with Crippen LogP contribution in [0.3, 0.4) is 0 Å². The zero-order chi connectivity index (χ0) is 14.2. The lowest BCUT2D eigenvalue weighted by molar-refractivity contribution is -0.133. The number of rotatable bonds is 3. The van der Waals surface area contributed by atoms with E-state index in [1.54, 1.807) is 0 Å². The van der Waals surface area contributed by atoms with Gasteiger partial charge in [0, 0.05) is 5.92 Å². The molecule has 0 unspecified atom stereocenters. The quantitative estimate of drug-likeness (QED) is 0.871. The Morgan fingerprint density at radius 3 is 2.15 bits per heavy atom. The zero-order valence-corrected chi connectivity index (χ0v) is 11.5. The van der Waals surface area contributed by atoms with Crippen LogP contribution in [0.15, 0.2) is 24.3 Å². The number of nitrogens with one attached hydrogen (secondary N) is 1. The number of primary amides is 1. The fourth-order valence-electron chi connectivity index (χ4n) is 3.49. The molecule has 0 aromatic heterocycles. The van der Waals surface area contributed by atoms with Gasteiger partial charge in [-0.1, -0.05) is 37.1 Å². The Hall–Kier alpha value is -1.84. The highest BCUT2D eigenvalue weighted by atomic mass is 16.2. The van der Waals surface area contributed by atoms with Crippen LogP contribution in [-0.4, -0.2) is 17.4 Å². The van der Waals surface area contributed by atoms with E-state index >= 15 is 0 Å². The maximum absolute atomic E-state index is 12.5. The summed E-state index contributed by atoms with van der Waals surface area (Å²) in [5.74, 6) is -0.481. The van der Waals surface area contributed by atoms with Crippen LogP contribution in [0.25, 0.3) is 0 Å². The number of benzene rings is 1. The predicted octanol–water partition coefficient (Wildman–Crippen LogP) is 1.32. The van der Waals surface area contributed by atoms with E-state index in [-0.39, 0.29) is 17.7 Å². The van der Waals surface area contributed by atoms with Crippen molar-refractivity contribution in [3.8, 4) is 0 Å². The third-order valence-electron chi connectivity index (χ3n) is 4.71. The van der Waals surface area contributed by atoms with Crippen molar-refractivity contribution in [1.82, 2.24) is 5.32 Å². The molecule has 0 aliphatic heterocycles. The standard InChI is InChI=1S/C16H20N2O2/c17-15(20)16(7-3-4-8-16)18-14(19)13-9-11-5-1-2-6-12(11)10-13/h1-2,5-6,13H,3-4,7-10H2,(H2,17,20)(H,18,19). The van der Waals surface area contributed by atoms with E-state index in [1.165, 1.54) is 11.1 Å². The molecule has 20 heavy (non-hydrogen) atoms. The molecule has 4 heteroatoms. The Morgan fingerprint density at radius 1 is 1.10 bits per heavy atom. The van der Waals surface area contributed by atoms with Gasteiger partial charge in [0.05, 0.1) is 0 Å². The number of amides is 2. The lowest BCUT2D eigenvalue weighted by atomic mass is 9.94. The smallest absolute Gasteiger partial charge is 0.243 e. The Labute approximate surface area is 118 Å². The zero-order valence-electron chi connectivity index (χ0n) is 11.5. The van der Waals surface area contributed by atoms with Gasteiger partial charge in [0.2, 0.25) is 11.8 Å². The van der Waals surface area contributed by atoms with Gasteiger partial charge in [0.15, 0.2) is 0 Å². The first-order valence-electron chi connectivity index (χ1n) is 7.29. The molecule has 0 radical (unpaired) electrons. The lowest BCUT2D eigenvalue weighted by Gasteiger charge is -2.28. The topological polar surface area (TPSA) is 72.2 Å². The van der Waals surface area contributed by atoms with Gasteiger partial charge in [0.1, 0.15) is 5.54 Å². The maximum atomic E-state index is 12.5. The maximum Gasteiger partial charge on any atom is 0.243 e. The Bertz CT molecular complexity index is 522. The minimum atomic E-state index is -0.800. The summed E-state index contributed by atoms with van der Waals surface area (Å²) in [6.45, 7) is 0. The summed E-state index contributed by atoms with van der Waals surface area (Å²) in [4.78, 5) is 24.2. The Balaban J connectivity index is 1.71. The van der Waals surface area contributed by atoms with Gasteiger partial charge in [-0.15, -0.1) is 0 Å². The SMILES string of the molecule is NC(=O)C1(NC(=O)C2Cc3ccccc3C2)CCCC1. The summed E-state index contributed by atoms with van der Waals surface area (Å²) >= 11 is 0. The highest BCUT2D eigenvalue weighted by Gasteiger charge is 2.42. The van der Waals surface area contributed by atoms with Crippen molar-refractivity contribution in [2.24, 2.45) is 11.7 Å². The molecule has 0 saturated heterocycles. The van der Waals surface area contributed by atoms with Crippen molar-refractivity contribution < 1.29 is 9.59 Å². The molecule has 0 bridgehead atoms. The molecule has 1 aromatic rings. The van der Waals surface area contributed by atoms with Gasteiger partial charge in [0.25, 0.3) is 0 Å². The molecule has 2 amide bonds. The Morgan fingerprint density at radius 2 is 1.65 bits per heavy atom. The van der Waals surface area contributed by atoms with Gasteiger partial charge >= 0.3 is 0 Å². The molecule has 3 rings (SSSR count). The summed E-state index contributed by atoms with van der Waals surface area (Å²) in [5.41, 5.74) is 7.20. The van der Waals surface area contributed by atoms with Crippen molar-refractivity contribution in [2.75, 3.05) is 0 Å². The number of carbonyl (C=O) groups is 2. The van der Waals surface area contributed by atoms with Crippen molar-refractivity contribution in [3.05, 3.63) is 35.4 Å². The van der Waals surface area contributed by atoms with E-state index in [1.807, 2.05) is 12.1 Å². The summed E-state index contributed by atoms with van der Waals surface area (Å²) in [6, 6.07) is 8.14. The number of nitrogens with two attached hydrogens (primary N) is 1. The molecule has 106 valence electrons. The monoisotopic (exact) mass is 272 g/mol. The third kappa shape index (κ3) is 2.19. The summed E-state index contributed by atoms with van der Waals surface area (Å²) in [6.07, 6.45) is 4.78. The van der Waals surface area contributed by atoms with E-state index in [0.29, 0.717) is 12.8 Å². The van der Waals surface area contributed by atoms with Gasteiger partial charge in [-0.25, -0.2) is 0 Å². The predicted molar refractivity (Wildman–Crippen MR) is 75.9 cm³/mol. The first-order valence-corrected chi connectivity index (χ1v) is 7.29. The first-order chi connectivity index (χ1) is 9.61. The van der Waals surface area contributed by atoms with Crippen LogP contribution in [0.1, 0.15) is 36.8 Å². The Kier molecular flexibility index (Phi) is 3.24. The van der Waals surface area contributed by atoms with Gasteiger partial charge < -0.3 is 11.1 Å². The van der Waals surface area contributed by atoms with Crippen LogP contribution in [0.4, 0.5) is 0 Å². The molecule has 0 spiro atoms. The molecule has 0 atom stereocenters. The van der Waals surface area contributed by atoms with Crippen molar-refractivity contribution in [3.63, 3.8) is 0 Å². The fourth-order valence-corrected chi connectivity index (χ4v) is 3.49. The largest absolute Gasteiger partial charge is 0.368 e. The number of hydrogen-bond donors (Lipinski definition) is 2. The highest BCUT2D eigenvalue weighted by Crippen LogP contribution is 2.32. The van der Waals surface area contributed by atoms with Crippen LogP contribution in [-0.2, 0) is 22.4 Å². The van der Waals surface area contributed by atoms with Crippen molar-refractivity contribution in [2.45, 2.75) is 44.1 Å². The van der Waals surface area contributed by atoms with E-state index in [2.05, 4.69) is 17.4 Å². The van der Waals surface area contributed by atoms with Crippen LogP contribution in [0, 0.1) is 5.92 Å². The van der Waals surface area contributed by atoms with Crippen LogP contribution < -0.4 is 11.1 Å². The van der Waals surface area contributed by atoms with Gasteiger partial charge in [-0.05, 0) is 36.8 Å². The van der Waals surface area contributed by atoms with E-state index in [0.717, 1.165) is 25.7 Å². The highest BCUT2D eigenvalue weighted by molar-refractivity contribution is 5.91. The van der Waals surface area contributed by atoms with Crippen LogP contribution in [0.2, 0.25) is 0 Å². The fraction of sp³-hybridized carbons (Fsp3) is 0.500. The van der Waals surface area contributed by atoms with Crippen molar-refractivity contribution >= 4 is 11.8 Å². The van der Waals surface area contributed by atoms with Crippen molar-refractivity contribution in [1.29, 1.82) is 0 Å². The van der Waals surface area contributed by atoms with Gasteiger partial charge in [-0.2, -0.15) is 0 Å². The number of carbonyl (C=O) groups excluding carboxylic acids is 2. The van der Waals surface area contributed by atoms with Crippen LogP contribution >= 0.6 is 0 Å². The number of fused-ring (bicyclic) bond motifs is 1. The molecule has 1 fully saturated rings. The molecule has 3 N–H and O–H groups in total. The second-order valence-electron chi connectivity index (χ2n) is 6.02. The normalized spacial score (nSPS) is 20.6. The molecular formula is C16H20N2O2. The van der Waals surface area contributed by atoms with Gasteiger partial charge in [-0.3, -0.25) is 9.59 Å². The van der Waals surface area contributed by atoms with E-state index in [9.17, 15) is 9.59 Å². The molecule has 1 saturated carbocycles. The average molecular weight is 272 g/mol. The molecule has 2 aliphatic rings. The molecular weight excluding hydrogens is 252 g/mol. The first kappa shape index (κ1) is 13.2. The second kappa shape index (κ2) is 4.93. The molecule has 2 aliphatic carbocycles. The minimum absolute atomic E-state index is 0.0260. The molecule has 0 heterocycles.